The summed E-state index contributed by atoms with van der Waals surface area (Å²) in [7, 11) is 0. The van der Waals surface area contributed by atoms with Gasteiger partial charge in [0.25, 0.3) is 0 Å². The van der Waals surface area contributed by atoms with Crippen molar-refractivity contribution in [2.45, 2.75) is 26.1 Å². The minimum Gasteiger partial charge on any atom is -0.466 e. The first kappa shape index (κ1) is 16.0. The van der Waals surface area contributed by atoms with Gasteiger partial charge in [-0.3, -0.25) is 4.79 Å². The lowest BCUT2D eigenvalue weighted by Gasteiger charge is -2.14. The molecule has 4 nitrogen and oxygen atoms in total. The summed E-state index contributed by atoms with van der Waals surface area (Å²) in [5, 5.41) is 8.85. The van der Waals surface area contributed by atoms with Gasteiger partial charge in [-0.25, -0.2) is 0 Å². The number of halogens is 3. The molecule has 0 spiro atoms. The van der Waals surface area contributed by atoms with E-state index in [1.807, 2.05) is 0 Å². The number of nitriles is 1. The predicted molar refractivity (Wildman–Crippen MR) is 64.4 cm³/mol. The number of nitrogens with zero attached hydrogens (tertiary/aromatic N) is 1. The van der Waals surface area contributed by atoms with Crippen molar-refractivity contribution in [3.8, 4) is 6.07 Å². The van der Waals surface area contributed by atoms with Gasteiger partial charge in [0.1, 0.15) is 6.07 Å². The van der Waals surface area contributed by atoms with Crippen LogP contribution in [0.3, 0.4) is 0 Å². The third-order valence-electron chi connectivity index (χ3n) is 2.57. The van der Waals surface area contributed by atoms with E-state index < -0.39 is 23.3 Å². The van der Waals surface area contributed by atoms with Crippen LogP contribution in [0.4, 0.5) is 13.2 Å². The van der Waals surface area contributed by atoms with Crippen molar-refractivity contribution < 1.29 is 22.7 Å². The van der Waals surface area contributed by atoms with Crippen LogP contribution < -0.4 is 5.73 Å². The first-order valence-corrected chi connectivity index (χ1v) is 5.82. The molecule has 0 radical (unpaired) electrons. The van der Waals surface area contributed by atoms with Gasteiger partial charge in [-0.2, -0.15) is 18.4 Å². The molecule has 1 aromatic rings. The summed E-state index contributed by atoms with van der Waals surface area (Å²) in [6.45, 7) is 1.52. The summed E-state index contributed by atoms with van der Waals surface area (Å²) >= 11 is 0. The largest absolute Gasteiger partial charge is 0.466 e. The molecule has 0 atom stereocenters. The molecule has 2 N–H and O–H groups in total. The Morgan fingerprint density at radius 2 is 2.10 bits per heavy atom. The van der Waals surface area contributed by atoms with Crippen LogP contribution in [0, 0.1) is 11.3 Å². The second-order valence-electron chi connectivity index (χ2n) is 3.97. The number of rotatable bonds is 4. The van der Waals surface area contributed by atoms with E-state index in [0.717, 1.165) is 6.07 Å². The number of ether oxygens (including phenoxy) is 1. The summed E-state index contributed by atoms with van der Waals surface area (Å²) in [6.07, 6.45) is -4.98. The smallest absolute Gasteiger partial charge is 0.417 e. The van der Waals surface area contributed by atoms with E-state index in [1.54, 1.807) is 6.92 Å². The molecule has 7 heteroatoms. The molecule has 1 aromatic carbocycles. The maximum Gasteiger partial charge on any atom is 0.417 e. The minimum absolute atomic E-state index is 0.0571. The normalized spacial score (nSPS) is 11.0. The highest BCUT2D eigenvalue weighted by molar-refractivity contribution is 5.73. The average Bonchev–Trinajstić information content (AvgIpc) is 2.36. The SMILES string of the molecule is CCOC(=O)Cc1cc(CN)c(C#N)c(C(F)(F)F)c1. The van der Waals surface area contributed by atoms with Crippen LogP contribution in [0.5, 0.6) is 0 Å². The molecule has 0 bridgehead atoms. The zero-order valence-electron chi connectivity index (χ0n) is 10.8. The van der Waals surface area contributed by atoms with Crippen LogP contribution in [0.15, 0.2) is 12.1 Å². The zero-order chi connectivity index (χ0) is 15.3. The Bertz CT molecular complexity index is 548. The fourth-order valence-electron chi connectivity index (χ4n) is 1.77. The molecule has 0 aliphatic rings. The number of carbonyl (C=O) groups excluding carboxylic acids is 1. The molecular formula is C13H13F3N2O2. The van der Waals surface area contributed by atoms with Crippen molar-refractivity contribution in [3.05, 3.63) is 34.4 Å². The van der Waals surface area contributed by atoms with Gasteiger partial charge < -0.3 is 10.5 Å². The first-order valence-electron chi connectivity index (χ1n) is 5.82. The number of hydrogen-bond acceptors (Lipinski definition) is 4. The van der Waals surface area contributed by atoms with Crippen LogP contribution in [0.2, 0.25) is 0 Å². The third-order valence-corrected chi connectivity index (χ3v) is 2.57. The standard InChI is InChI=1S/C13H13F3N2O2/c1-2-20-12(19)5-8-3-9(6-17)10(7-18)11(4-8)13(14,15)16/h3-4H,2,5-6,17H2,1H3. The van der Waals surface area contributed by atoms with Gasteiger partial charge in [0, 0.05) is 6.54 Å². The summed E-state index contributed by atoms with van der Waals surface area (Å²) in [6, 6.07) is 3.62. The molecule has 20 heavy (non-hydrogen) atoms. The number of carbonyl (C=O) groups is 1. The van der Waals surface area contributed by atoms with E-state index in [9.17, 15) is 18.0 Å². The molecule has 0 heterocycles. The van der Waals surface area contributed by atoms with Crippen molar-refractivity contribution in [2.24, 2.45) is 5.73 Å². The molecule has 1 rings (SSSR count). The molecule has 0 aliphatic carbocycles. The van der Waals surface area contributed by atoms with Gasteiger partial charge in [0.15, 0.2) is 0 Å². The summed E-state index contributed by atoms with van der Waals surface area (Å²) in [5.41, 5.74) is 3.95. The van der Waals surface area contributed by atoms with Crippen molar-refractivity contribution >= 4 is 5.97 Å². The maximum atomic E-state index is 12.9. The summed E-state index contributed by atoms with van der Waals surface area (Å²) in [5.74, 6) is -0.631. The number of nitrogens with two attached hydrogens (primary N) is 1. The predicted octanol–water partition coefficient (Wildman–Crippen LogP) is 2.14. The van der Waals surface area contributed by atoms with Gasteiger partial charge in [0.2, 0.25) is 0 Å². The molecule has 0 saturated heterocycles. The molecule has 0 amide bonds. The third kappa shape index (κ3) is 3.71. The van der Waals surface area contributed by atoms with Crippen LogP contribution in [0.1, 0.15) is 29.2 Å². The molecular weight excluding hydrogens is 273 g/mol. The van der Waals surface area contributed by atoms with Crippen molar-refractivity contribution in [1.29, 1.82) is 5.26 Å². The Kier molecular flexibility index (Phi) is 5.11. The highest BCUT2D eigenvalue weighted by atomic mass is 19.4. The van der Waals surface area contributed by atoms with Crippen molar-refractivity contribution in [1.82, 2.24) is 0 Å². The van der Waals surface area contributed by atoms with Gasteiger partial charge in [0.05, 0.1) is 24.2 Å². The van der Waals surface area contributed by atoms with Crippen LogP contribution >= 0.6 is 0 Å². The second-order valence-corrected chi connectivity index (χ2v) is 3.97. The number of esters is 1. The quantitative estimate of drug-likeness (QED) is 0.860. The molecule has 0 saturated carbocycles. The van der Waals surface area contributed by atoms with E-state index in [4.69, 9.17) is 11.0 Å². The van der Waals surface area contributed by atoms with Crippen molar-refractivity contribution in [3.63, 3.8) is 0 Å². The first-order chi connectivity index (χ1) is 9.33. The summed E-state index contributed by atoms with van der Waals surface area (Å²) < 4.78 is 43.4. The average molecular weight is 286 g/mol. The maximum absolute atomic E-state index is 12.9. The number of hydrogen-bond donors (Lipinski definition) is 1. The minimum atomic E-state index is -4.68. The zero-order valence-corrected chi connectivity index (χ0v) is 10.8. The lowest BCUT2D eigenvalue weighted by atomic mass is 9.96. The fraction of sp³-hybridized carbons (Fsp3) is 0.385. The fourth-order valence-corrected chi connectivity index (χ4v) is 1.77. The Morgan fingerprint density at radius 1 is 1.45 bits per heavy atom. The molecule has 0 unspecified atom stereocenters. The van der Waals surface area contributed by atoms with Crippen LogP contribution in [0.25, 0.3) is 0 Å². The van der Waals surface area contributed by atoms with E-state index in [2.05, 4.69) is 4.74 Å². The van der Waals surface area contributed by atoms with Crippen LogP contribution in [-0.2, 0) is 28.7 Å². The van der Waals surface area contributed by atoms with Crippen molar-refractivity contribution in [2.75, 3.05) is 6.61 Å². The lowest BCUT2D eigenvalue weighted by molar-refractivity contribution is -0.142. The Hall–Kier alpha value is -2.07. The number of benzene rings is 1. The number of alkyl halides is 3. The van der Waals surface area contributed by atoms with E-state index >= 15 is 0 Å². The monoisotopic (exact) mass is 286 g/mol. The molecule has 108 valence electrons. The van der Waals surface area contributed by atoms with Gasteiger partial charge in [-0.05, 0) is 24.1 Å². The Balaban J connectivity index is 3.30. The van der Waals surface area contributed by atoms with Gasteiger partial charge in [-0.15, -0.1) is 0 Å². The highest BCUT2D eigenvalue weighted by Crippen LogP contribution is 2.34. The highest BCUT2D eigenvalue weighted by Gasteiger charge is 2.35. The second kappa shape index (κ2) is 6.39. The lowest BCUT2D eigenvalue weighted by Crippen LogP contribution is -2.14. The van der Waals surface area contributed by atoms with E-state index in [-0.39, 0.29) is 30.7 Å². The summed E-state index contributed by atoms with van der Waals surface area (Å²) in [4.78, 5) is 11.3. The molecule has 0 fully saturated rings. The Morgan fingerprint density at radius 3 is 2.55 bits per heavy atom. The van der Waals surface area contributed by atoms with E-state index in [1.165, 1.54) is 12.1 Å². The van der Waals surface area contributed by atoms with Gasteiger partial charge in [-0.1, -0.05) is 6.07 Å². The molecule has 0 aliphatic heterocycles. The Labute approximate surface area is 113 Å². The van der Waals surface area contributed by atoms with Gasteiger partial charge >= 0.3 is 12.1 Å². The van der Waals surface area contributed by atoms with E-state index in [0.29, 0.717) is 0 Å². The topological polar surface area (TPSA) is 76.1 Å². The van der Waals surface area contributed by atoms with Crippen LogP contribution in [-0.4, -0.2) is 12.6 Å². The molecule has 0 aromatic heterocycles.